The molecule has 3 N–H and O–H groups in total. The molecule has 0 saturated carbocycles. The number of carbonyl (C=O) groups excluding carboxylic acids is 1. The second kappa shape index (κ2) is 5.44. The Bertz CT molecular complexity index is 211. The first-order valence-electron chi connectivity index (χ1n) is 5.23. The molecule has 1 rings (SSSR count). The number of esters is 1. The van der Waals surface area contributed by atoms with Gasteiger partial charge in [-0.1, -0.05) is 0 Å². The SMILES string of the molecule is CC(O)(CN)CC(=O)OC1CCOCC1. The molecule has 0 aromatic carbocycles. The van der Waals surface area contributed by atoms with E-state index in [1.54, 1.807) is 0 Å². The van der Waals surface area contributed by atoms with Crippen molar-refractivity contribution in [3.8, 4) is 0 Å². The molecule has 0 aromatic heterocycles. The van der Waals surface area contributed by atoms with E-state index >= 15 is 0 Å². The van der Waals surface area contributed by atoms with Crippen molar-refractivity contribution < 1.29 is 19.4 Å². The third-order valence-electron chi connectivity index (χ3n) is 2.43. The summed E-state index contributed by atoms with van der Waals surface area (Å²) in [5.74, 6) is -0.391. The van der Waals surface area contributed by atoms with Crippen LogP contribution in [-0.4, -0.2) is 42.5 Å². The average Bonchev–Trinajstić information content (AvgIpc) is 2.18. The van der Waals surface area contributed by atoms with E-state index in [0.29, 0.717) is 13.2 Å². The molecule has 0 amide bonds. The minimum absolute atomic E-state index is 0.0515. The fraction of sp³-hybridized carbons (Fsp3) is 0.900. The van der Waals surface area contributed by atoms with Crippen molar-refractivity contribution >= 4 is 5.97 Å². The lowest BCUT2D eigenvalue weighted by atomic mass is 10.0. The Kier molecular flexibility index (Phi) is 4.50. The van der Waals surface area contributed by atoms with E-state index in [4.69, 9.17) is 15.2 Å². The molecule has 1 atom stereocenters. The summed E-state index contributed by atoms with van der Waals surface area (Å²) in [5.41, 5.74) is 4.15. The lowest BCUT2D eigenvalue weighted by Gasteiger charge is -2.25. The van der Waals surface area contributed by atoms with Gasteiger partial charge >= 0.3 is 5.97 Å². The van der Waals surface area contributed by atoms with Crippen LogP contribution in [0.1, 0.15) is 26.2 Å². The topological polar surface area (TPSA) is 81.8 Å². The molecule has 5 heteroatoms. The van der Waals surface area contributed by atoms with Crippen LogP contribution in [0.25, 0.3) is 0 Å². The van der Waals surface area contributed by atoms with Crippen LogP contribution in [0.4, 0.5) is 0 Å². The monoisotopic (exact) mass is 217 g/mol. The number of hydrogen-bond acceptors (Lipinski definition) is 5. The van der Waals surface area contributed by atoms with Crippen molar-refractivity contribution in [2.24, 2.45) is 5.73 Å². The van der Waals surface area contributed by atoms with E-state index in [0.717, 1.165) is 12.8 Å². The maximum atomic E-state index is 11.4. The maximum absolute atomic E-state index is 11.4. The van der Waals surface area contributed by atoms with Gasteiger partial charge in [-0.25, -0.2) is 0 Å². The first kappa shape index (κ1) is 12.4. The number of carbonyl (C=O) groups is 1. The van der Waals surface area contributed by atoms with Gasteiger partial charge in [-0.3, -0.25) is 4.79 Å². The molecule has 1 fully saturated rings. The predicted octanol–water partition coefficient (Wildman–Crippen LogP) is -0.192. The van der Waals surface area contributed by atoms with Gasteiger partial charge in [0.15, 0.2) is 0 Å². The molecule has 15 heavy (non-hydrogen) atoms. The Balaban J connectivity index is 2.28. The summed E-state index contributed by atoms with van der Waals surface area (Å²) in [6.07, 6.45) is 1.34. The Morgan fingerprint density at radius 1 is 1.60 bits per heavy atom. The Labute approximate surface area is 89.5 Å². The summed E-state index contributed by atoms with van der Waals surface area (Å²) in [4.78, 5) is 11.4. The van der Waals surface area contributed by atoms with Crippen LogP contribution in [0.15, 0.2) is 0 Å². The highest BCUT2D eigenvalue weighted by Crippen LogP contribution is 2.14. The second-order valence-electron chi connectivity index (χ2n) is 4.18. The third-order valence-corrected chi connectivity index (χ3v) is 2.43. The van der Waals surface area contributed by atoms with E-state index in [2.05, 4.69) is 0 Å². The molecule has 1 saturated heterocycles. The highest BCUT2D eigenvalue weighted by Gasteiger charge is 2.26. The molecule has 88 valence electrons. The third kappa shape index (κ3) is 4.59. The molecular weight excluding hydrogens is 198 g/mol. The highest BCUT2D eigenvalue weighted by molar-refractivity contribution is 5.70. The van der Waals surface area contributed by atoms with Crippen LogP contribution >= 0.6 is 0 Å². The zero-order chi connectivity index (χ0) is 11.3. The predicted molar refractivity (Wildman–Crippen MR) is 54.2 cm³/mol. The van der Waals surface area contributed by atoms with Gasteiger partial charge in [0.05, 0.1) is 25.2 Å². The summed E-state index contributed by atoms with van der Waals surface area (Å²) >= 11 is 0. The quantitative estimate of drug-likeness (QED) is 0.638. The zero-order valence-electron chi connectivity index (χ0n) is 9.07. The minimum Gasteiger partial charge on any atom is -0.462 e. The summed E-state index contributed by atoms with van der Waals surface area (Å²) in [5, 5.41) is 9.57. The molecule has 0 radical (unpaired) electrons. The van der Waals surface area contributed by atoms with E-state index < -0.39 is 11.6 Å². The van der Waals surface area contributed by atoms with Crippen LogP contribution in [0.2, 0.25) is 0 Å². The van der Waals surface area contributed by atoms with Gasteiger partial charge in [-0.05, 0) is 6.92 Å². The summed E-state index contributed by atoms with van der Waals surface area (Å²) < 4.78 is 10.3. The Hall–Kier alpha value is -0.650. The van der Waals surface area contributed by atoms with Gasteiger partial charge in [0.2, 0.25) is 0 Å². The van der Waals surface area contributed by atoms with Crippen LogP contribution in [0.5, 0.6) is 0 Å². The van der Waals surface area contributed by atoms with Gasteiger partial charge in [-0.15, -0.1) is 0 Å². The summed E-state index contributed by atoms with van der Waals surface area (Å²) in [6.45, 7) is 2.84. The van der Waals surface area contributed by atoms with Crippen LogP contribution < -0.4 is 5.73 Å². The molecule has 0 bridgehead atoms. The minimum atomic E-state index is -1.16. The number of rotatable bonds is 4. The molecule has 5 nitrogen and oxygen atoms in total. The van der Waals surface area contributed by atoms with Crippen molar-refractivity contribution in [3.05, 3.63) is 0 Å². The largest absolute Gasteiger partial charge is 0.462 e. The van der Waals surface area contributed by atoms with Gasteiger partial charge < -0.3 is 20.3 Å². The fourth-order valence-electron chi connectivity index (χ4n) is 1.40. The smallest absolute Gasteiger partial charge is 0.309 e. The van der Waals surface area contributed by atoms with E-state index in [-0.39, 0.29) is 19.1 Å². The van der Waals surface area contributed by atoms with Gasteiger partial charge in [0, 0.05) is 19.4 Å². The molecule has 1 heterocycles. The lowest BCUT2D eigenvalue weighted by Crippen LogP contribution is -2.38. The van der Waals surface area contributed by atoms with Crippen LogP contribution in [0, 0.1) is 0 Å². The van der Waals surface area contributed by atoms with E-state index in [9.17, 15) is 9.90 Å². The van der Waals surface area contributed by atoms with Crippen LogP contribution in [0.3, 0.4) is 0 Å². The molecular formula is C10H19NO4. The maximum Gasteiger partial charge on any atom is 0.309 e. The molecule has 0 aliphatic carbocycles. The van der Waals surface area contributed by atoms with E-state index in [1.165, 1.54) is 6.92 Å². The second-order valence-corrected chi connectivity index (χ2v) is 4.18. The first-order chi connectivity index (χ1) is 7.03. The summed E-state index contributed by atoms with van der Waals surface area (Å²) in [7, 11) is 0. The highest BCUT2D eigenvalue weighted by atomic mass is 16.6. The Morgan fingerprint density at radius 2 is 2.20 bits per heavy atom. The van der Waals surface area contributed by atoms with Crippen molar-refractivity contribution in [1.82, 2.24) is 0 Å². The normalized spacial score (nSPS) is 22.1. The summed E-state index contributed by atoms with van der Waals surface area (Å²) in [6, 6.07) is 0. The number of nitrogens with two attached hydrogens (primary N) is 1. The molecule has 0 aromatic rings. The average molecular weight is 217 g/mol. The first-order valence-corrected chi connectivity index (χ1v) is 5.23. The van der Waals surface area contributed by atoms with Gasteiger partial charge in [-0.2, -0.15) is 0 Å². The van der Waals surface area contributed by atoms with Crippen molar-refractivity contribution in [1.29, 1.82) is 0 Å². The van der Waals surface area contributed by atoms with Gasteiger partial charge in [0.25, 0.3) is 0 Å². The van der Waals surface area contributed by atoms with Gasteiger partial charge in [0.1, 0.15) is 6.10 Å². The Morgan fingerprint density at radius 3 is 2.73 bits per heavy atom. The zero-order valence-corrected chi connectivity index (χ0v) is 9.07. The number of aliphatic hydroxyl groups is 1. The molecule has 0 spiro atoms. The van der Waals surface area contributed by atoms with Crippen LogP contribution in [-0.2, 0) is 14.3 Å². The van der Waals surface area contributed by atoms with E-state index in [1.807, 2.05) is 0 Å². The number of ether oxygens (including phenoxy) is 2. The molecule has 1 unspecified atom stereocenters. The lowest BCUT2D eigenvalue weighted by molar-refractivity contribution is -0.157. The number of hydrogen-bond donors (Lipinski definition) is 2. The van der Waals surface area contributed by atoms with Crippen molar-refractivity contribution in [2.45, 2.75) is 37.9 Å². The standard InChI is InChI=1S/C10H19NO4/c1-10(13,7-11)6-9(12)15-8-2-4-14-5-3-8/h8,13H,2-7,11H2,1H3. The van der Waals surface area contributed by atoms with Crippen molar-refractivity contribution in [2.75, 3.05) is 19.8 Å². The molecule has 1 aliphatic rings. The van der Waals surface area contributed by atoms with Crippen molar-refractivity contribution in [3.63, 3.8) is 0 Å². The molecule has 1 aliphatic heterocycles. The fourth-order valence-corrected chi connectivity index (χ4v) is 1.40.